The van der Waals surface area contributed by atoms with Crippen LogP contribution in [0.5, 0.6) is 0 Å². The van der Waals surface area contributed by atoms with Gasteiger partial charge in [0, 0.05) is 50.3 Å². The standard InChI is InChI=1S/C19H27N5O3/c1-20-19(21-12-15-8-4-5-9-17(15)24(26)27)22-16-10-11-23(13-16)18(25)14-6-2-3-7-14/h4-5,8-9,14,16H,2-3,6-7,10-13H2,1H3,(H2,20,21,22). The summed E-state index contributed by atoms with van der Waals surface area (Å²) in [4.78, 5) is 29.5. The summed E-state index contributed by atoms with van der Waals surface area (Å²) in [6.07, 6.45) is 5.24. The molecule has 3 rings (SSSR count). The van der Waals surface area contributed by atoms with E-state index in [9.17, 15) is 14.9 Å². The third-order valence-corrected chi connectivity index (χ3v) is 5.40. The maximum absolute atomic E-state index is 12.5. The normalized spacial score (nSPS) is 20.7. The van der Waals surface area contributed by atoms with Crippen molar-refractivity contribution in [3.8, 4) is 0 Å². The molecule has 1 aromatic carbocycles. The molecule has 1 aromatic rings. The number of nitro groups is 1. The lowest BCUT2D eigenvalue weighted by Gasteiger charge is -2.21. The number of aliphatic imine (C=N–C) groups is 1. The number of para-hydroxylation sites is 1. The minimum Gasteiger partial charge on any atom is -0.352 e. The van der Waals surface area contributed by atoms with Crippen LogP contribution in [0, 0.1) is 16.0 Å². The Morgan fingerprint density at radius 2 is 2.04 bits per heavy atom. The Hall–Kier alpha value is -2.64. The van der Waals surface area contributed by atoms with Gasteiger partial charge in [-0.1, -0.05) is 31.0 Å². The lowest BCUT2D eigenvalue weighted by atomic mass is 10.1. The summed E-state index contributed by atoms with van der Waals surface area (Å²) < 4.78 is 0. The maximum atomic E-state index is 12.5. The van der Waals surface area contributed by atoms with Crippen LogP contribution in [0.25, 0.3) is 0 Å². The number of nitro benzene ring substituents is 1. The molecule has 0 bridgehead atoms. The van der Waals surface area contributed by atoms with Crippen LogP contribution in [-0.2, 0) is 11.3 Å². The van der Waals surface area contributed by atoms with Gasteiger partial charge in [-0.05, 0) is 19.3 Å². The van der Waals surface area contributed by atoms with E-state index in [0.717, 1.165) is 38.6 Å². The fourth-order valence-corrected chi connectivity index (χ4v) is 3.91. The molecule has 0 radical (unpaired) electrons. The van der Waals surface area contributed by atoms with Gasteiger partial charge in [0.15, 0.2) is 5.96 Å². The Kier molecular flexibility index (Phi) is 6.26. The molecular formula is C19H27N5O3. The molecule has 0 spiro atoms. The molecular weight excluding hydrogens is 346 g/mol. The predicted octanol–water partition coefficient (Wildman–Crippen LogP) is 2.05. The largest absolute Gasteiger partial charge is 0.352 e. The molecule has 1 atom stereocenters. The van der Waals surface area contributed by atoms with Gasteiger partial charge in [-0.15, -0.1) is 0 Å². The summed E-state index contributed by atoms with van der Waals surface area (Å²) in [6, 6.07) is 6.81. The number of nitrogens with one attached hydrogen (secondary N) is 2. The van der Waals surface area contributed by atoms with Crippen LogP contribution in [0.15, 0.2) is 29.3 Å². The van der Waals surface area contributed by atoms with Crippen molar-refractivity contribution in [2.24, 2.45) is 10.9 Å². The number of likely N-dealkylation sites (tertiary alicyclic amines) is 1. The van der Waals surface area contributed by atoms with Gasteiger partial charge in [-0.25, -0.2) is 0 Å². The molecule has 27 heavy (non-hydrogen) atoms. The van der Waals surface area contributed by atoms with Crippen LogP contribution in [0.1, 0.15) is 37.7 Å². The topological polar surface area (TPSA) is 99.9 Å². The minimum atomic E-state index is -0.378. The second-order valence-corrected chi connectivity index (χ2v) is 7.21. The van der Waals surface area contributed by atoms with Gasteiger partial charge < -0.3 is 15.5 Å². The number of amides is 1. The first-order valence-corrected chi connectivity index (χ1v) is 9.56. The highest BCUT2D eigenvalue weighted by Crippen LogP contribution is 2.27. The number of hydrogen-bond donors (Lipinski definition) is 2. The van der Waals surface area contributed by atoms with E-state index in [2.05, 4.69) is 15.6 Å². The number of carbonyl (C=O) groups is 1. The monoisotopic (exact) mass is 373 g/mol. The molecule has 146 valence electrons. The van der Waals surface area contributed by atoms with E-state index in [0.29, 0.717) is 30.5 Å². The van der Waals surface area contributed by atoms with Crippen LogP contribution in [0.2, 0.25) is 0 Å². The van der Waals surface area contributed by atoms with Gasteiger partial charge in [0.05, 0.1) is 4.92 Å². The third-order valence-electron chi connectivity index (χ3n) is 5.40. The summed E-state index contributed by atoms with van der Waals surface area (Å²) >= 11 is 0. The molecule has 8 heteroatoms. The van der Waals surface area contributed by atoms with Crippen molar-refractivity contribution in [1.82, 2.24) is 15.5 Å². The van der Waals surface area contributed by atoms with E-state index in [1.807, 2.05) is 4.90 Å². The molecule has 1 saturated carbocycles. The van der Waals surface area contributed by atoms with Gasteiger partial charge in [-0.2, -0.15) is 0 Å². The van der Waals surface area contributed by atoms with Gasteiger partial charge >= 0.3 is 0 Å². The smallest absolute Gasteiger partial charge is 0.274 e. The van der Waals surface area contributed by atoms with E-state index in [1.54, 1.807) is 25.2 Å². The average molecular weight is 373 g/mol. The lowest BCUT2D eigenvalue weighted by molar-refractivity contribution is -0.385. The number of benzene rings is 1. The summed E-state index contributed by atoms with van der Waals surface area (Å²) in [5.74, 6) is 1.09. The number of hydrogen-bond acceptors (Lipinski definition) is 4. The van der Waals surface area contributed by atoms with Crippen molar-refractivity contribution >= 4 is 17.6 Å². The molecule has 1 aliphatic carbocycles. The summed E-state index contributed by atoms with van der Waals surface area (Å²) in [6.45, 7) is 1.77. The number of carbonyl (C=O) groups excluding carboxylic acids is 1. The van der Waals surface area contributed by atoms with Crippen molar-refractivity contribution in [2.45, 2.75) is 44.7 Å². The Balaban J connectivity index is 1.51. The van der Waals surface area contributed by atoms with Crippen LogP contribution in [-0.4, -0.2) is 47.9 Å². The Bertz CT molecular complexity index is 715. The molecule has 1 amide bonds. The Morgan fingerprint density at radius 1 is 1.30 bits per heavy atom. The van der Waals surface area contributed by atoms with Gasteiger partial charge in [0.2, 0.25) is 5.91 Å². The van der Waals surface area contributed by atoms with E-state index >= 15 is 0 Å². The zero-order valence-electron chi connectivity index (χ0n) is 15.7. The fraction of sp³-hybridized carbons (Fsp3) is 0.579. The molecule has 1 saturated heterocycles. The molecule has 2 aliphatic rings. The zero-order valence-corrected chi connectivity index (χ0v) is 15.7. The summed E-state index contributed by atoms with van der Waals surface area (Å²) in [5, 5.41) is 17.6. The second kappa shape index (κ2) is 8.83. The van der Waals surface area contributed by atoms with Gasteiger partial charge in [0.25, 0.3) is 5.69 Å². The number of rotatable bonds is 5. The van der Waals surface area contributed by atoms with Crippen LogP contribution < -0.4 is 10.6 Å². The molecule has 2 N–H and O–H groups in total. The molecule has 2 fully saturated rings. The predicted molar refractivity (Wildman–Crippen MR) is 103 cm³/mol. The molecule has 0 aromatic heterocycles. The first-order chi connectivity index (χ1) is 13.1. The van der Waals surface area contributed by atoms with E-state index < -0.39 is 0 Å². The van der Waals surface area contributed by atoms with Crippen molar-refractivity contribution in [3.05, 3.63) is 39.9 Å². The maximum Gasteiger partial charge on any atom is 0.274 e. The highest BCUT2D eigenvalue weighted by molar-refractivity contribution is 5.81. The van der Waals surface area contributed by atoms with Crippen molar-refractivity contribution in [2.75, 3.05) is 20.1 Å². The Morgan fingerprint density at radius 3 is 2.74 bits per heavy atom. The fourth-order valence-electron chi connectivity index (χ4n) is 3.91. The van der Waals surface area contributed by atoms with Gasteiger partial charge in [0.1, 0.15) is 0 Å². The average Bonchev–Trinajstić information content (AvgIpc) is 3.36. The lowest BCUT2D eigenvalue weighted by Crippen LogP contribution is -2.45. The first kappa shape index (κ1) is 19.1. The number of guanidine groups is 1. The quantitative estimate of drug-likeness (QED) is 0.356. The third kappa shape index (κ3) is 4.75. The highest BCUT2D eigenvalue weighted by Gasteiger charge is 2.32. The van der Waals surface area contributed by atoms with Crippen molar-refractivity contribution in [3.63, 3.8) is 0 Å². The molecule has 1 heterocycles. The first-order valence-electron chi connectivity index (χ1n) is 9.56. The summed E-state index contributed by atoms with van der Waals surface area (Å²) in [7, 11) is 1.67. The molecule has 1 unspecified atom stereocenters. The Labute approximate surface area is 159 Å². The van der Waals surface area contributed by atoms with Gasteiger partial charge in [-0.3, -0.25) is 19.9 Å². The number of nitrogens with zero attached hydrogens (tertiary/aromatic N) is 3. The van der Waals surface area contributed by atoms with E-state index in [1.165, 1.54) is 6.07 Å². The van der Waals surface area contributed by atoms with E-state index in [-0.39, 0.29) is 22.6 Å². The summed E-state index contributed by atoms with van der Waals surface area (Å²) in [5.41, 5.74) is 0.699. The highest BCUT2D eigenvalue weighted by atomic mass is 16.6. The molecule has 1 aliphatic heterocycles. The van der Waals surface area contributed by atoms with Crippen LogP contribution >= 0.6 is 0 Å². The van der Waals surface area contributed by atoms with Crippen molar-refractivity contribution < 1.29 is 9.72 Å². The van der Waals surface area contributed by atoms with Crippen LogP contribution in [0.3, 0.4) is 0 Å². The second-order valence-electron chi connectivity index (χ2n) is 7.21. The van der Waals surface area contributed by atoms with E-state index in [4.69, 9.17) is 0 Å². The van der Waals surface area contributed by atoms with Crippen molar-refractivity contribution in [1.29, 1.82) is 0 Å². The SMILES string of the molecule is CN=C(NCc1ccccc1[N+](=O)[O-])NC1CCN(C(=O)C2CCCC2)C1. The molecule has 8 nitrogen and oxygen atoms in total. The zero-order chi connectivity index (χ0) is 19.2. The minimum absolute atomic E-state index is 0.0923. The van der Waals surface area contributed by atoms with Crippen LogP contribution in [0.4, 0.5) is 5.69 Å².